The van der Waals surface area contributed by atoms with Gasteiger partial charge in [-0.3, -0.25) is 9.59 Å². The number of methoxy groups -OCH3 is 1. The van der Waals surface area contributed by atoms with Gasteiger partial charge in [-0.1, -0.05) is 20.8 Å². The van der Waals surface area contributed by atoms with E-state index in [0.29, 0.717) is 26.3 Å². The normalized spacial score (nSPS) is 16.9. The first kappa shape index (κ1) is 17.9. The maximum absolute atomic E-state index is 11.9. The summed E-state index contributed by atoms with van der Waals surface area (Å²) in [7, 11) is 1.60. The molecule has 0 bridgehead atoms. The van der Waals surface area contributed by atoms with Crippen molar-refractivity contribution in [3.63, 3.8) is 0 Å². The molecule has 1 saturated heterocycles. The molecule has 0 atom stereocenters. The van der Waals surface area contributed by atoms with Crippen molar-refractivity contribution in [1.82, 2.24) is 10.2 Å². The Hall–Kier alpha value is -1.14. The van der Waals surface area contributed by atoms with Gasteiger partial charge in [-0.25, -0.2) is 0 Å². The van der Waals surface area contributed by atoms with E-state index in [9.17, 15) is 9.59 Å². The molecule has 1 heterocycles. The molecule has 0 aromatic carbocycles. The summed E-state index contributed by atoms with van der Waals surface area (Å²) in [5, 5.41) is 3.05. The number of likely N-dealkylation sites (tertiary alicyclic amines) is 1. The number of hydrogen-bond acceptors (Lipinski definition) is 4. The summed E-state index contributed by atoms with van der Waals surface area (Å²) in [4.78, 5) is 25.6. The van der Waals surface area contributed by atoms with Gasteiger partial charge < -0.3 is 19.7 Å². The molecule has 21 heavy (non-hydrogen) atoms. The lowest BCUT2D eigenvalue weighted by atomic mass is 9.94. The molecule has 6 heteroatoms. The molecular weight excluding hydrogens is 272 g/mol. The van der Waals surface area contributed by atoms with Crippen LogP contribution in [0.2, 0.25) is 0 Å². The number of amides is 2. The summed E-state index contributed by atoms with van der Waals surface area (Å²) in [5.41, 5.74) is -0.373. The summed E-state index contributed by atoms with van der Waals surface area (Å²) in [6.45, 7) is 8.06. The number of rotatable bonds is 6. The molecule has 122 valence electrons. The second-order valence-electron chi connectivity index (χ2n) is 6.42. The second-order valence-corrected chi connectivity index (χ2v) is 6.42. The van der Waals surface area contributed by atoms with Crippen LogP contribution in [0.3, 0.4) is 0 Å². The number of hydrogen-bond donors (Lipinski definition) is 1. The third kappa shape index (κ3) is 6.44. The average Bonchev–Trinajstić information content (AvgIpc) is 2.43. The lowest BCUT2D eigenvalue weighted by molar-refractivity contribution is -0.137. The van der Waals surface area contributed by atoms with Crippen molar-refractivity contribution in [3.05, 3.63) is 0 Å². The van der Waals surface area contributed by atoms with Crippen LogP contribution in [0.4, 0.5) is 0 Å². The van der Waals surface area contributed by atoms with E-state index in [2.05, 4.69) is 5.32 Å². The molecule has 1 aliphatic rings. The highest BCUT2D eigenvalue weighted by molar-refractivity contribution is 5.81. The predicted octanol–water partition coefficient (Wildman–Crippen LogP) is 0.803. The van der Waals surface area contributed by atoms with Crippen LogP contribution in [-0.4, -0.2) is 62.8 Å². The van der Waals surface area contributed by atoms with Crippen molar-refractivity contribution in [2.75, 3.05) is 40.0 Å². The van der Waals surface area contributed by atoms with Gasteiger partial charge in [-0.05, 0) is 12.8 Å². The minimum atomic E-state index is -0.373. The van der Waals surface area contributed by atoms with E-state index >= 15 is 0 Å². The molecule has 1 aliphatic heterocycles. The van der Waals surface area contributed by atoms with Crippen LogP contribution in [0.1, 0.15) is 33.6 Å². The van der Waals surface area contributed by atoms with Gasteiger partial charge in [0.15, 0.2) is 0 Å². The molecule has 0 aromatic heterocycles. The highest BCUT2D eigenvalue weighted by Crippen LogP contribution is 2.16. The van der Waals surface area contributed by atoms with Crippen molar-refractivity contribution in [1.29, 1.82) is 0 Å². The fraction of sp³-hybridized carbons (Fsp3) is 0.867. The molecule has 0 unspecified atom stereocenters. The lowest BCUT2D eigenvalue weighted by Gasteiger charge is -2.33. The van der Waals surface area contributed by atoms with Gasteiger partial charge in [-0.2, -0.15) is 0 Å². The highest BCUT2D eigenvalue weighted by Gasteiger charge is 2.27. The lowest BCUT2D eigenvalue weighted by Crippen LogP contribution is -2.49. The monoisotopic (exact) mass is 300 g/mol. The highest BCUT2D eigenvalue weighted by atomic mass is 16.5. The summed E-state index contributed by atoms with van der Waals surface area (Å²) in [5.74, 6) is 0.0712. The molecule has 0 aliphatic carbocycles. The van der Waals surface area contributed by atoms with Crippen LogP contribution in [0.5, 0.6) is 0 Å². The van der Waals surface area contributed by atoms with Crippen LogP contribution in [0, 0.1) is 5.41 Å². The van der Waals surface area contributed by atoms with Crippen molar-refractivity contribution in [2.45, 2.75) is 39.7 Å². The molecule has 0 saturated carbocycles. The number of nitrogens with zero attached hydrogens (tertiary/aromatic N) is 1. The Morgan fingerprint density at radius 3 is 2.33 bits per heavy atom. The first-order valence-corrected chi connectivity index (χ1v) is 7.50. The molecule has 0 aromatic rings. The topological polar surface area (TPSA) is 67.9 Å². The van der Waals surface area contributed by atoms with E-state index in [1.165, 1.54) is 0 Å². The van der Waals surface area contributed by atoms with Crippen LogP contribution in [0.15, 0.2) is 0 Å². The number of carbonyl (C=O) groups excluding carboxylic acids is 2. The summed E-state index contributed by atoms with van der Waals surface area (Å²) in [6.07, 6.45) is 1.59. The number of piperidine rings is 1. The SMILES string of the molecule is COCCOCC(=O)N1CCC(NC(=O)C(C)(C)C)CC1. The summed E-state index contributed by atoms with van der Waals surface area (Å²) >= 11 is 0. The van der Waals surface area contributed by atoms with Crippen LogP contribution in [-0.2, 0) is 19.1 Å². The number of carbonyl (C=O) groups is 2. The molecule has 1 fully saturated rings. The summed E-state index contributed by atoms with van der Waals surface area (Å²) in [6, 6.07) is 0.162. The first-order chi connectivity index (χ1) is 9.84. The third-order valence-electron chi connectivity index (χ3n) is 3.52. The molecule has 1 rings (SSSR count). The van der Waals surface area contributed by atoms with E-state index in [0.717, 1.165) is 12.8 Å². The molecular formula is C15H28N2O4. The van der Waals surface area contributed by atoms with Gasteiger partial charge in [0.25, 0.3) is 0 Å². The molecule has 0 radical (unpaired) electrons. The minimum Gasteiger partial charge on any atom is -0.382 e. The zero-order valence-corrected chi connectivity index (χ0v) is 13.6. The molecule has 1 N–H and O–H groups in total. The van der Waals surface area contributed by atoms with Crippen molar-refractivity contribution in [2.24, 2.45) is 5.41 Å². The zero-order valence-electron chi connectivity index (χ0n) is 13.6. The maximum Gasteiger partial charge on any atom is 0.248 e. The van der Waals surface area contributed by atoms with E-state index in [4.69, 9.17) is 9.47 Å². The van der Waals surface area contributed by atoms with E-state index in [-0.39, 0.29) is 29.9 Å². The first-order valence-electron chi connectivity index (χ1n) is 7.50. The Labute approximate surface area is 127 Å². The number of nitrogens with one attached hydrogen (secondary N) is 1. The van der Waals surface area contributed by atoms with Crippen LogP contribution >= 0.6 is 0 Å². The van der Waals surface area contributed by atoms with Crippen molar-refractivity contribution in [3.8, 4) is 0 Å². The molecule has 2 amide bonds. The van der Waals surface area contributed by atoms with Gasteiger partial charge in [0.05, 0.1) is 13.2 Å². The van der Waals surface area contributed by atoms with Gasteiger partial charge in [-0.15, -0.1) is 0 Å². The van der Waals surface area contributed by atoms with Crippen molar-refractivity contribution >= 4 is 11.8 Å². The molecule has 6 nitrogen and oxygen atoms in total. The standard InChI is InChI=1S/C15H28N2O4/c1-15(2,3)14(19)16-12-5-7-17(8-6-12)13(18)11-21-10-9-20-4/h12H,5-11H2,1-4H3,(H,16,19). The average molecular weight is 300 g/mol. The van der Waals surface area contributed by atoms with Gasteiger partial charge >= 0.3 is 0 Å². The van der Waals surface area contributed by atoms with E-state index in [1.54, 1.807) is 12.0 Å². The molecule has 0 spiro atoms. The third-order valence-corrected chi connectivity index (χ3v) is 3.52. The minimum absolute atomic E-state index is 0.00620. The zero-order chi connectivity index (χ0) is 15.9. The maximum atomic E-state index is 11.9. The van der Waals surface area contributed by atoms with Crippen LogP contribution in [0.25, 0.3) is 0 Å². The largest absolute Gasteiger partial charge is 0.382 e. The Morgan fingerprint density at radius 1 is 1.19 bits per heavy atom. The van der Waals surface area contributed by atoms with E-state index < -0.39 is 0 Å². The predicted molar refractivity (Wildman–Crippen MR) is 79.9 cm³/mol. The summed E-state index contributed by atoms with van der Waals surface area (Å²) < 4.78 is 10.1. The Balaban J connectivity index is 2.25. The quantitative estimate of drug-likeness (QED) is 0.737. The van der Waals surface area contributed by atoms with E-state index in [1.807, 2.05) is 20.8 Å². The van der Waals surface area contributed by atoms with Crippen LogP contribution < -0.4 is 5.32 Å². The number of ether oxygens (including phenoxy) is 2. The smallest absolute Gasteiger partial charge is 0.248 e. The fourth-order valence-electron chi connectivity index (χ4n) is 2.07. The van der Waals surface area contributed by atoms with Gasteiger partial charge in [0.1, 0.15) is 6.61 Å². The second kappa shape index (κ2) is 8.34. The van der Waals surface area contributed by atoms with Gasteiger partial charge in [0, 0.05) is 31.7 Å². The Kier molecular flexibility index (Phi) is 7.11. The van der Waals surface area contributed by atoms with Gasteiger partial charge in [0.2, 0.25) is 11.8 Å². The Morgan fingerprint density at radius 2 is 1.81 bits per heavy atom. The van der Waals surface area contributed by atoms with Crippen molar-refractivity contribution < 1.29 is 19.1 Å². The fourth-order valence-corrected chi connectivity index (χ4v) is 2.07. The Bertz CT molecular complexity index is 344.